The lowest BCUT2D eigenvalue weighted by atomic mass is 10.1. The topological polar surface area (TPSA) is 42.0 Å². The van der Waals surface area contributed by atoms with Gasteiger partial charge in [0.25, 0.3) is 0 Å². The third-order valence-electron chi connectivity index (χ3n) is 2.92. The predicted molar refractivity (Wildman–Crippen MR) is 76.2 cm³/mol. The van der Waals surface area contributed by atoms with Gasteiger partial charge in [-0.05, 0) is 48.9 Å². The highest BCUT2D eigenvalue weighted by Crippen LogP contribution is 2.17. The lowest BCUT2D eigenvalue weighted by Gasteiger charge is -2.13. The van der Waals surface area contributed by atoms with Crippen LogP contribution in [0.5, 0.6) is 0 Å². The van der Waals surface area contributed by atoms with Crippen LogP contribution in [0.15, 0.2) is 48.8 Å². The Morgan fingerprint density at radius 1 is 1.24 bits per heavy atom. The van der Waals surface area contributed by atoms with Crippen LogP contribution in [0.25, 0.3) is 6.08 Å². The minimum Gasteiger partial charge on any atom is -0.346 e. The maximum Gasteiger partial charge on any atom is 0.244 e. The highest BCUT2D eigenvalue weighted by molar-refractivity contribution is 5.91. The molecule has 1 aromatic carbocycles. The lowest BCUT2D eigenvalue weighted by molar-refractivity contribution is -0.117. The maximum absolute atomic E-state index is 13.6. The number of aromatic nitrogens is 1. The summed E-state index contributed by atoms with van der Waals surface area (Å²) in [7, 11) is 0. The van der Waals surface area contributed by atoms with E-state index in [1.54, 1.807) is 37.5 Å². The Labute approximate surface area is 121 Å². The van der Waals surface area contributed by atoms with E-state index >= 15 is 0 Å². The predicted octanol–water partition coefficient (Wildman–Crippen LogP) is 3.25. The Hall–Kier alpha value is -2.56. The summed E-state index contributed by atoms with van der Waals surface area (Å²) in [6.45, 7) is 1.59. The summed E-state index contributed by atoms with van der Waals surface area (Å²) in [5, 5.41) is 2.59. The first kappa shape index (κ1) is 14.8. The zero-order valence-corrected chi connectivity index (χ0v) is 11.4. The van der Waals surface area contributed by atoms with Gasteiger partial charge in [-0.25, -0.2) is 8.78 Å². The van der Waals surface area contributed by atoms with Crippen molar-refractivity contribution in [3.05, 3.63) is 71.6 Å². The van der Waals surface area contributed by atoms with Crippen molar-refractivity contribution in [1.29, 1.82) is 0 Å². The summed E-state index contributed by atoms with van der Waals surface area (Å²) in [4.78, 5) is 15.6. The number of amides is 1. The van der Waals surface area contributed by atoms with Gasteiger partial charge in [-0.3, -0.25) is 9.78 Å². The molecule has 1 heterocycles. The number of nitrogens with zero attached hydrogens (tertiary/aromatic N) is 1. The summed E-state index contributed by atoms with van der Waals surface area (Å²) in [6.07, 6.45) is 6.18. The van der Waals surface area contributed by atoms with Gasteiger partial charge in [0.1, 0.15) is 11.6 Å². The van der Waals surface area contributed by atoms with Crippen LogP contribution in [0.3, 0.4) is 0 Å². The second kappa shape index (κ2) is 6.74. The highest BCUT2D eigenvalue weighted by atomic mass is 19.1. The summed E-state index contributed by atoms with van der Waals surface area (Å²) in [5.41, 5.74) is 0.936. The minimum absolute atomic E-state index is 0.112. The van der Waals surface area contributed by atoms with Gasteiger partial charge in [0.2, 0.25) is 5.91 Å². The number of pyridine rings is 1. The van der Waals surface area contributed by atoms with Crippen LogP contribution < -0.4 is 5.32 Å². The molecule has 1 aromatic heterocycles. The van der Waals surface area contributed by atoms with Crippen LogP contribution in [0.1, 0.15) is 24.1 Å². The standard InChI is InChI=1S/C16H14F2N2O/c1-11(14-10-13(17)3-4-15(14)18)20-16(21)5-2-12-6-8-19-9-7-12/h2-11H,1H3,(H,20,21). The fourth-order valence-electron chi connectivity index (χ4n) is 1.83. The Balaban J connectivity index is 2.02. The van der Waals surface area contributed by atoms with E-state index in [1.807, 2.05) is 0 Å². The van der Waals surface area contributed by atoms with E-state index in [0.717, 1.165) is 23.8 Å². The number of carbonyl (C=O) groups is 1. The number of hydrogen-bond donors (Lipinski definition) is 1. The van der Waals surface area contributed by atoms with Gasteiger partial charge in [0.05, 0.1) is 6.04 Å². The van der Waals surface area contributed by atoms with Gasteiger partial charge >= 0.3 is 0 Å². The number of hydrogen-bond acceptors (Lipinski definition) is 2. The number of nitrogens with one attached hydrogen (secondary N) is 1. The average molecular weight is 288 g/mol. The molecule has 21 heavy (non-hydrogen) atoms. The third-order valence-corrected chi connectivity index (χ3v) is 2.92. The van der Waals surface area contributed by atoms with E-state index in [4.69, 9.17) is 0 Å². The molecule has 5 heteroatoms. The molecule has 0 aliphatic heterocycles. The lowest BCUT2D eigenvalue weighted by Crippen LogP contribution is -2.25. The first-order valence-electron chi connectivity index (χ1n) is 6.40. The van der Waals surface area contributed by atoms with Crippen LogP contribution in [0, 0.1) is 11.6 Å². The third kappa shape index (κ3) is 4.21. The molecular formula is C16H14F2N2O. The van der Waals surface area contributed by atoms with Gasteiger partial charge in [0, 0.05) is 24.0 Å². The molecule has 3 nitrogen and oxygen atoms in total. The van der Waals surface area contributed by atoms with Crippen molar-refractivity contribution in [2.24, 2.45) is 0 Å². The highest BCUT2D eigenvalue weighted by Gasteiger charge is 2.13. The summed E-state index contributed by atoms with van der Waals surface area (Å²) < 4.78 is 26.7. The van der Waals surface area contributed by atoms with Crippen molar-refractivity contribution in [3.8, 4) is 0 Å². The molecule has 108 valence electrons. The largest absolute Gasteiger partial charge is 0.346 e. The molecule has 0 aliphatic carbocycles. The zero-order chi connectivity index (χ0) is 15.2. The molecule has 0 saturated carbocycles. The van der Waals surface area contributed by atoms with Crippen LogP contribution in [0.2, 0.25) is 0 Å². The summed E-state index contributed by atoms with van der Waals surface area (Å²) in [5.74, 6) is -1.48. The molecule has 0 radical (unpaired) electrons. The molecule has 1 unspecified atom stereocenters. The smallest absolute Gasteiger partial charge is 0.244 e. The van der Waals surface area contributed by atoms with Crippen LogP contribution >= 0.6 is 0 Å². The van der Waals surface area contributed by atoms with Crippen molar-refractivity contribution in [3.63, 3.8) is 0 Å². The first-order valence-corrected chi connectivity index (χ1v) is 6.40. The molecule has 0 aliphatic rings. The molecule has 0 spiro atoms. The van der Waals surface area contributed by atoms with Gasteiger partial charge in [0.15, 0.2) is 0 Å². The van der Waals surface area contributed by atoms with E-state index in [2.05, 4.69) is 10.3 Å². The SMILES string of the molecule is CC(NC(=O)C=Cc1ccncc1)c1cc(F)ccc1F. The number of carbonyl (C=O) groups excluding carboxylic acids is 1. The second-order valence-electron chi connectivity index (χ2n) is 4.51. The number of benzene rings is 1. The normalized spacial score (nSPS) is 12.3. The van der Waals surface area contributed by atoms with Crippen molar-refractivity contribution >= 4 is 12.0 Å². The van der Waals surface area contributed by atoms with Crippen molar-refractivity contribution < 1.29 is 13.6 Å². The van der Waals surface area contributed by atoms with Crippen LogP contribution in [-0.4, -0.2) is 10.9 Å². The Bertz CT molecular complexity index is 657. The van der Waals surface area contributed by atoms with E-state index in [9.17, 15) is 13.6 Å². The van der Waals surface area contributed by atoms with Gasteiger partial charge < -0.3 is 5.32 Å². The molecule has 2 rings (SSSR count). The Kier molecular flexibility index (Phi) is 4.77. The van der Waals surface area contributed by atoms with Crippen molar-refractivity contribution in [2.45, 2.75) is 13.0 Å². The van der Waals surface area contributed by atoms with Crippen LogP contribution in [-0.2, 0) is 4.79 Å². The van der Waals surface area contributed by atoms with E-state index in [-0.39, 0.29) is 11.5 Å². The van der Waals surface area contributed by atoms with Crippen molar-refractivity contribution in [2.75, 3.05) is 0 Å². The van der Waals surface area contributed by atoms with Gasteiger partial charge in [-0.1, -0.05) is 0 Å². The van der Waals surface area contributed by atoms with E-state index < -0.39 is 17.7 Å². The molecule has 1 atom stereocenters. The quantitative estimate of drug-likeness (QED) is 0.877. The molecule has 1 amide bonds. The average Bonchev–Trinajstić information content (AvgIpc) is 2.48. The Morgan fingerprint density at radius 2 is 1.95 bits per heavy atom. The maximum atomic E-state index is 13.6. The van der Waals surface area contributed by atoms with Gasteiger partial charge in [-0.15, -0.1) is 0 Å². The Morgan fingerprint density at radius 3 is 2.67 bits per heavy atom. The monoisotopic (exact) mass is 288 g/mol. The van der Waals surface area contributed by atoms with Crippen molar-refractivity contribution in [1.82, 2.24) is 10.3 Å². The molecule has 2 aromatic rings. The molecule has 1 N–H and O–H groups in total. The van der Waals surface area contributed by atoms with Gasteiger partial charge in [-0.2, -0.15) is 0 Å². The molecule has 0 fully saturated rings. The molecular weight excluding hydrogens is 274 g/mol. The number of rotatable bonds is 4. The van der Waals surface area contributed by atoms with E-state index in [0.29, 0.717) is 0 Å². The fraction of sp³-hybridized carbons (Fsp3) is 0.125. The molecule has 0 bridgehead atoms. The van der Waals surface area contributed by atoms with E-state index in [1.165, 1.54) is 6.08 Å². The zero-order valence-electron chi connectivity index (χ0n) is 11.4. The summed E-state index contributed by atoms with van der Waals surface area (Å²) >= 11 is 0. The minimum atomic E-state index is -0.629. The number of halogens is 2. The van der Waals surface area contributed by atoms with Crippen LogP contribution in [0.4, 0.5) is 8.78 Å². The first-order chi connectivity index (χ1) is 10.1. The fourth-order valence-corrected chi connectivity index (χ4v) is 1.83. The second-order valence-corrected chi connectivity index (χ2v) is 4.51. The molecule has 0 saturated heterocycles. The summed E-state index contributed by atoms with van der Waals surface area (Å²) in [6, 6.07) is 6.03.